The Morgan fingerprint density at radius 3 is 2.79 bits per heavy atom. The molecule has 0 fully saturated rings. The largest absolute Gasteiger partial charge is 0.492 e. The number of nitrogens with zero attached hydrogens (tertiary/aromatic N) is 2. The minimum absolute atomic E-state index is 0.108. The lowest BCUT2D eigenvalue weighted by molar-refractivity contribution is 0.0696. The van der Waals surface area contributed by atoms with Crippen molar-refractivity contribution < 1.29 is 14.6 Å². The number of aromatic carboxylic acids is 1. The second-order valence-electron chi connectivity index (χ2n) is 4.07. The Morgan fingerprint density at radius 2 is 2.16 bits per heavy atom. The van der Waals surface area contributed by atoms with Crippen molar-refractivity contribution >= 4 is 5.97 Å². The molecule has 1 heterocycles. The van der Waals surface area contributed by atoms with Gasteiger partial charge in [0.05, 0.1) is 12.1 Å². The normalized spacial score (nSPS) is 10.4. The van der Waals surface area contributed by atoms with Gasteiger partial charge in [-0.3, -0.25) is 4.57 Å². The van der Waals surface area contributed by atoms with Gasteiger partial charge >= 0.3 is 11.7 Å². The van der Waals surface area contributed by atoms with Crippen molar-refractivity contribution in [3.8, 4) is 5.75 Å². The second-order valence-corrected chi connectivity index (χ2v) is 4.07. The zero-order valence-electron chi connectivity index (χ0n) is 10.4. The summed E-state index contributed by atoms with van der Waals surface area (Å²) in [5, 5.41) is 8.85. The lowest BCUT2D eigenvalue weighted by Gasteiger charge is -2.06. The van der Waals surface area contributed by atoms with E-state index < -0.39 is 5.97 Å². The van der Waals surface area contributed by atoms with E-state index in [-0.39, 0.29) is 11.3 Å². The number of rotatable bonds is 5. The summed E-state index contributed by atoms with van der Waals surface area (Å²) < 4.78 is 8.44. The van der Waals surface area contributed by atoms with Gasteiger partial charge < -0.3 is 14.4 Å². The van der Waals surface area contributed by atoms with E-state index in [9.17, 15) is 9.59 Å². The number of benzene rings is 1. The molecule has 0 saturated heterocycles. The summed E-state index contributed by atoms with van der Waals surface area (Å²) >= 11 is 0. The maximum absolute atomic E-state index is 11.5. The van der Waals surface area contributed by atoms with E-state index in [0.29, 0.717) is 18.9 Å². The minimum atomic E-state index is -0.996. The predicted molar refractivity (Wildman–Crippen MR) is 68.6 cm³/mol. The van der Waals surface area contributed by atoms with Crippen LogP contribution >= 0.6 is 0 Å². The highest BCUT2D eigenvalue weighted by Crippen LogP contribution is 2.13. The van der Waals surface area contributed by atoms with E-state index in [2.05, 4.69) is 0 Å². The molecule has 19 heavy (non-hydrogen) atoms. The van der Waals surface area contributed by atoms with Gasteiger partial charge in [-0.25, -0.2) is 9.59 Å². The molecule has 0 saturated carbocycles. The lowest BCUT2D eigenvalue weighted by atomic mass is 10.2. The van der Waals surface area contributed by atoms with Gasteiger partial charge in [-0.2, -0.15) is 0 Å². The molecule has 0 aliphatic rings. The van der Waals surface area contributed by atoms with Crippen LogP contribution < -0.4 is 10.4 Å². The lowest BCUT2D eigenvalue weighted by Crippen LogP contribution is -2.24. The summed E-state index contributed by atoms with van der Waals surface area (Å²) in [5.41, 5.74) is 0.0669. The third kappa shape index (κ3) is 3.04. The Balaban J connectivity index is 1.96. The maximum Gasteiger partial charge on any atom is 0.335 e. The van der Waals surface area contributed by atoms with E-state index in [1.165, 1.54) is 21.3 Å². The van der Waals surface area contributed by atoms with Crippen molar-refractivity contribution in [1.82, 2.24) is 9.13 Å². The van der Waals surface area contributed by atoms with E-state index in [0.717, 1.165) is 0 Å². The molecule has 100 valence electrons. The molecule has 0 spiro atoms. The van der Waals surface area contributed by atoms with Gasteiger partial charge in [0.25, 0.3) is 0 Å². The number of carbonyl (C=O) groups is 1. The third-order valence-electron chi connectivity index (χ3n) is 2.70. The summed E-state index contributed by atoms with van der Waals surface area (Å²) in [6, 6.07) is 6.25. The fraction of sp³-hybridized carbons (Fsp3) is 0.231. The number of ether oxygens (including phenoxy) is 1. The Hall–Kier alpha value is -2.50. The Morgan fingerprint density at radius 1 is 1.37 bits per heavy atom. The monoisotopic (exact) mass is 262 g/mol. The molecular weight excluding hydrogens is 248 g/mol. The standard InChI is InChI=1S/C13H14N2O4/c1-14-5-6-15(13(14)18)7-8-19-11-4-2-3-10(9-11)12(16)17/h2-6,9H,7-8H2,1H3,(H,16,17). The molecule has 1 N–H and O–H groups in total. The van der Waals surface area contributed by atoms with Crippen molar-refractivity contribution in [2.75, 3.05) is 6.61 Å². The zero-order chi connectivity index (χ0) is 13.8. The number of aryl methyl sites for hydroxylation is 1. The number of aromatic nitrogens is 2. The summed E-state index contributed by atoms with van der Waals surface area (Å²) in [6.07, 6.45) is 3.35. The maximum atomic E-state index is 11.5. The fourth-order valence-electron chi connectivity index (χ4n) is 1.66. The summed E-state index contributed by atoms with van der Waals surface area (Å²) in [6.45, 7) is 0.712. The van der Waals surface area contributed by atoms with Crippen molar-refractivity contribution in [2.24, 2.45) is 7.05 Å². The average Bonchev–Trinajstić information content (AvgIpc) is 2.71. The van der Waals surface area contributed by atoms with Crippen LogP contribution in [0.25, 0.3) is 0 Å². The Labute approximate surface area is 109 Å². The molecule has 0 amide bonds. The molecule has 2 rings (SSSR count). The van der Waals surface area contributed by atoms with Gasteiger partial charge in [0.2, 0.25) is 0 Å². The first-order valence-corrected chi connectivity index (χ1v) is 5.76. The summed E-state index contributed by atoms with van der Waals surface area (Å²) in [5.74, 6) is -0.520. The van der Waals surface area contributed by atoms with Crippen LogP contribution in [-0.2, 0) is 13.6 Å². The molecule has 6 heteroatoms. The van der Waals surface area contributed by atoms with E-state index in [1.54, 1.807) is 31.6 Å². The highest BCUT2D eigenvalue weighted by atomic mass is 16.5. The number of hydrogen-bond acceptors (Lipinski definition) is 3. The van der Waals surface area contributed by atoms with Crippen LogP contribution in [0.2, 0.25) is 0 Å². The smallest absolute Gasteiger partial charge is 0.335 e. The number of carboxylic acid groups (broad SMARTS) is 1. The molecule has 0 unspecified atom stereocenters. The SMILES string of the molecule is Cn1ccn(CCOc2cccc(C(=O)O)c2)c1=O. The van der Waals surface area contributed by atoms with Gasteiger partial charge in [0.15, 0.2) is 0 Å². The first kappa shape index (κ1) is 12.9. The van der Waals surface area contributed by atoms with E-state index in [1.807, 2.05) is 0 Å². The number of hydrogen-bond donors (Lipinski definition) is 1. The quantitative estimate of drug-likeness (QED) is 0.871. The first-order valence-electron chi connectivity index (χ1n) is 5.76. The van der Waals surface area contributed by atoms with Crippen molar-refractivity contribution in [2.45, 2.75) is 6.54 Å². The molecule has 1 aromatic heterocycles. The van der Waals surface area contributed by atoms with Gasteiger partial charge in [0, 0.05) is 19.4 Å². The highest BCUT2D eigenvalue weighted by molar-refractivity contribution is 5.87. The van der Waals surface area contributed by atoms with Crippen LogP contribution in [0.15, 0.2) is 41.5 Å². The van der Waals surface area contributed by atoms with Gasteiger partial charge in [0.1, 0.15) is 12.4 Å². The molecule has 1 aromatic carbocycles. The molecule has 6 nitrogen and oxygen atoms in total. The second kappa shape index (κ2) is 5.43. The average molecular weight is 262 g/mol. The molecule has 0 radical (unpaired) electrons. The number of carboxylic acids is 1. The zero-order valence-corrected chi connectivity index (χ0v) is 10.4. The van der Waals surface area contributed by atoms with Gasteiger partial charge in [-0.1, -0.05) is 6.07 Å². The van der Waals surface area contributed by atoms with Crippen LogP contribution in [0.3, 0.4) is 0 Å². The van der Waals surface area contributed by atoms with Crippen LogP contribution in [0.5, 0.6) is 5.75 Å². The van der Waals surface area contributed by atoms with Crippen LogP contribution in [-0.4, -0.2) is 26.8 Å². The topological polar surface area (TPSA) is 73.5 Å². The summed E-state index contributed by atoms with van der Waals surface area (Å²) in [4.78, 5) is 22.3. The van der Waals surface area contributed by atoms with Crippen molar-refractivity contribution in [1.29, 1.82) is 0 Å². The molecule has 2 aromatic rings. The van der Waals surface area contributed by atoms with Crippen LogP contribution in [0, 0.1) is 0 Å². The molecule has 0 bridgehead atoms. The van der Waals surface area contributed by atoms with E-state index >= 15 is 0 Å². The fourth-order valence-corrected chi connectivity index (χ4v) is 1.66. The van der Waals surface area contributed by atoms with Crippen molar-refractivity contribution in [3.63, 3.8) is 0 Å². The first-order chi connectivity index (χ1) is 9.08. The molecule has 0 aliphatic heterocycles. The molecule has 0 aliphatic carbocycles. The predicted octanol–water partition coefficient (Wildman–Crippen LogP) is 0.964. The van der Waals surface area contributed by atoms with Crippen LogP contribution in [0.1, 0.15) is 10.4 Å². The Bertz CT molecular complexity index is 642. The Kier molecular flexibility index (Phi) is 3.70. The molecule has 0 atom stereocenters. The summed E-state index contributed by atoms with van der Waals surface area (Å²) in [7, 11) is 1.68. The van der Waals surface area contributed by atoms with Crippen LogP contribution in [0.4, 0.5) is 0 Å². The van der Waals surface area contributed by atoms with Gasteiger partial charge in [-0.05, 0) is 18.2 Å². The third-order valence-corrected chi connectivity index (χ3v) is 2.70. The number of imidazole rings is 1. The van der Waals surface area contributed by atoms with Crippen molar-refractivity contribution in [3.05, 3.63) is 52.7 Å². The highest BCUT2D eigenvalue weighted by Gasteiger charge is 2.04. The molecular formula is C13H14N2O4. The van der Waals surface area contributed by atoms with E-state index in [4.69, 9.17) is 9.84 Å². The van der Waals surface area contributed by atoms with Gasteiger partial charge in [-0.15, -0.1) is 0 Å². The minimum Gasteiger partial charge on any atom is -0.492 e.